The van der Waals surface area contributed by atoms with Gasteiger partial charge in [-0.15, -0.1) is 0 Å². The van der Waals surface area contributed by atoms with Crippen molar-refractivity contribution in [1.29, 1.82) is 0 Å². The van der Waals surface area contributed by atoms with Crippen LogP contribution in [0.5, 0.6) is 0 Å². The molecular weight excluding hydrogens is 106 g/mol. The van der Waals surface area contributed by atoms with E-state index in [1.165, 1.54) is 12.0 Å². The second-order valence-corrected chi connectivity index (χ2v) is 1.59. The zero-order valence-electron chi connectivity index (χ0n) is 5.34. The summed E-state index contributed by atoms with van der Waals surface area (Å²) in [5, 5.41) is 0. The van der Waals surface area contributed by atoms with E-state index in [9.17, 15) is 4.79 Å². The van der Waals surface area contributed by atoms with Crippen LogP contribution in [0.25, 0.3) is 0 Å². The maximum absolute atomic E-state index is 10.5. The molecule has 0 saturated carbocycles. The third-order valence-corrected chi connectivity index (χ3v) is 0.659. The highest BCUT2D eigenvalue weighted by atomic mass is 16.5. The summed E-state index contributed by atoms with van der Waals surface area (Å²) in [6.07, 6.45) is 0. The van der Waals surface area contributed by atoms with Crippen LogP contribution < -0.4 is 0 Å². The quantitative estimate of drug-likeness (QED) is 0.503. The van der Waals surface area contributed by atoms with Gasteiger partial charge in [0.25, 0.3) is 5.91 Å². The van der Waals surface area contributed by atoms with E-state index in [-0.39, 0.29) is 5.91 Å². The molecule has 0 heterocycles. The molecule has 0 aliphatic heterocycles. The van der Waals surface area contributed by atoms with Crippen molar-refractivity contribution in [1.82, 2.24) is 4.90 Å². The number of carbonyl (C=O) groups is 1. The second kappa shape index (κ2) is 3.43. The van der Waals surface area contributed by atoms with Crippen molar-refractivity contribution in [2.45, 2.75) is 0 Å². The van der Waals surface area contributed by atoms with Gasteiger partial charge in [0.15, 0.2) is 6.61 Å². The fourth-order valence-electron chi connectivity index (χ4n) is 0.206. The summed E-state index contributed by atoms with van der Waals surface area (Å²) in [5.74, 6) is -0.132. The highest BCUT2D eigenvalue weighted by Gasteiger charge is 2.00. The minimum absolute atomic E-state index is 0.132. The van der Waals surface area contributed by atoms with Crippen LogP contribution in [0.2, 0.25) is 0 Å². The van der Waals surface area contributed by atoms with E-state index in [4.69, 9.17) is 0 Å². The normalized spacial score (nSPS) is 8.88. The first-order chi connectivity index (χ1) is 3.68. The largest absolute Gasteiger partial charge is 0.368 e. The Hall–Kier alpha value is -0.570. The van der Waals surface area contributed by atoms with Crippen molar-refractivity contribution in [3.05, 3.63) is 6.61 Å². The van der Waals surface area contributed by atoms with Gasteiger partial charge in [0.2, 0.25) is 0 Å². The predicted octanol–water partition coefficient (Wildman–Crippen LogP) is -0.117. The van der Waals surface area contributed by atoms with Gasteiger partial charge in [0.1, 0.15) is 0 Å². The number of amides is 1. The molecule has 0 saturated heterocycles. The molecule has 0 bridgehead atoms. The Morgan fingerprint density at radius 3 is 2.25 bits per heavy atom. The molecule has 0 rings (SSSR count). The molecule has 0 aromatic rings. The van der Waals surface area contributed by atoms with Crippen LogP contribution in [0.15, 0.2) is 0 Å². The lowest BCUT2D eigenvalue weighted by Gasteiger charge is -2.06. The Kier molecular flexibility index (Phi) is 3.19. The number of carbonyl (C=O) groups excluding carboxylic acids is 1. The summed E-state index contributed by atoms with van der Waals surface area (Å²) >= 11 is 0. The molecule has 0 unspecified atom stereocenters. The number of methoxy groups -OCH3 is 1. The van der Waals surface area contributed by atoms with E-state index in [1.807, 2.05) is 0 Å². The Labute approximate surface area is 49.2 Å². The van der Waals surface area contributed by atoms with Gasteiger partial charge in [0, 0.05) is 21.2 Å². The number of hydrogen-bond donors (Lipinski definition) is 0. The number of nitrogens with zero attached hydrogens (tertiary/aromatic N) is 1. The molecule has 3 heteroatoms. The van der Waals surface area contributed by atoms with Gasteiger partial charge in [-0.05, 0) is 0 Å². The molecule has 1 amide bonds. The molecular formula is C5H10NO2. The lowest BCUT2D eigenvalue weighted by molar-refractivity contribution is -0.128. The molecule has 0 aliphatic carbocycles. The van der Waals surface area contributed by atoms with Gasteiger partial charge >= 0.3 is 0 Å². The van der Waals surface area contributed by atoms with E-state index in [0.717, 1.165) is 6.61 Å². The first kappa shape index (κ1) is 7.43. The molecule has 47 valence electrons. The third kappa shape index (κ3) is 2.58. The monoisotopic (exact) mass is 116 g/mol. The first-order valence-electron chi connectivity index (χ1n) is 2.25. The first-order valence-corrected chi connectivity index (χ1v) is 2.25. The Bertz CT molecular complexity index is 80.5. The topological polar surface area (TPSA) is 29.5 Å². The molecule has 0 N–H and O–H groups in total. The van der Waals surface area contributed by atoms with Crippen molar-refractivity contribution in [3.63, 3.8) is 0 Å². The van der Waals surface area contributed by atoms with Crippen LogP contribution in [0, 0.1) is 6.61 Å². The van der Waals surface area contributed by atoms with Crippen LogP contribution >= 0.6 is 0 Å². The molecule has 0 aliphatic rings. The summed E-state index contributed by atoms with van der Waals surface area (Å²) in [6.45, 7) is 1.15. The number of rotatable bonds is 2. The van der Waals surface area contributed by atoms with Gasteiger partial charge in [0.05, 0.1) is 0 Å². The minimum Gasteiger partial charge on any atom is -0.368 e. The lowest BCUT2D eigenvalue weighted by Crippen LogP contribution is -2.22. The summed E-state index contributed by atoms with van der Waals surface area (Å²) in [5.41, 5.74) is 0. The van der Waals surface area contributed by atoms with Crippen molar-refractivity contribution in [2.75, 3.05) is 21.2 Å². The number of hydrogen-bond acceptors (Lipinski definition) is 2. The van der Waals surface area contributed by atoms with E-state index in [0.29, 0.717) is 0 Å². The van der Waals surface area contributed by atoms with Crippen LogP contribution in [0.4, 0.5) is 0 Å². The second-order valence-electron chi connectivity index (χ2n) is 1.59. The Morgan fingerprint density at radius 2 is 2.12 bits per heavy atom. The standard InChI is InChI=1S/C5H10NO2/c1-6(2)5(7)4-8-3/h4H,1-3H3. The third-order valence-electron chi connectivity index (χ3n) is 0.659. The van der Waals surface area contributed by atoms with Crippen molar-refractivity contribution in [3.8, 4) is 0 Å². The molecule has 0 aromatic heterocycles. The molecule has 1 radical (unpaired) electrons. The zero-order chi connectivity index (χ0) is 6.57. The maximum Gasteiger partial charge on any atom is 0.254 e. The Morgan fingerprint density at radius 1 is 1.62 bits per heavy atom. The van der Waals surface area contributed by atoms with E-state index in [1.54, 1.807) is 14.1 Å². The van der Waals surface area contributed by atoms with Crippen molar-refractivity contribution >= 4 is 5.91 Å². The average Bonchev–Trinajstić information content (AvgIpc) is 1.67. The highest BCUT2D eigenvalue weighted by Crippen LogP contribution is 1.82. The van der Waals surface area contributed by atoms with Crippen LogP contribution in [-0.4, -0.2) is 32.0 Å². The molecule has 0 aromatic carbocycles. The molecule has 0 spiro atoms. The van der Waals surface area contributed by atoms with Gasteiger partial charge in [-0.3, -0.25) is 4.79 Å². The van der Waals surface area contributed by atoms with Gasteiger partial charge < -0.3 is 9.64 Å². The van der Waals surface area contributed by atoms with Crippen molar-refractivity contribution in [2.24, 2.45) is 0 Å². The predicted molar refractivity (Wildman–Crippen MR) is 30.0 cm³/mol. The van der Waals surface area contributed by atoms with Gasteiger partial charge in [-0.2, -0.15) is 0 Å². The molecule has 0 atom stereocenters. The SMILES string of the molecule is CO[CH]C(=O)N(C)C. The van der Waals surface area contributed by atoms with E-state index >= 15 is 0 Å². The van der Waals surface area contributed by atoms with Crippen LogP contribution in [0.3, 0.4) is 0 Å². The van der Waals surface area contributed by atoms with E-state index < -0.39 is 0 Å². The summed E-state index contributed by atoms with van der Waals surface area (Å²) < 4.78 is 4.45. The zero-order valence-corrected chi connectivity index (χ0v) is 5.34. The fraction of sp³-hybridized carbons (Fsp3) is 0.600. The fourth-order valence-corrected chi connectivity index (χ4v) is 0.206. The van der Waals surface area contributed by atoms with E-state index in [2.05, 4.69) is 4.74 Å². The smallest absolute Gasteiger partial charge is 0.254 e. The average molecular weight is 116 g/mol. The van der Waals surface area contributed by atoms with Gasteiger partial charge in [-0.1, -0.05) is 0 Å². The number of ether oxygens (including phenoxy) is 1. The number of likely N-dealkylation sites (N-methyl/N-ethyl adjacent to an activating group) is 1. The van der Waals surface area contributed by atoms with Crippen LogP contribution in [0.1, 0.15) is 0 Å². The summed E-state index contributed by atoms with van der Waals surface area (Å²) in [6, 6.07) is 0. The molecule has 3 nitrogen and oxygen atoms in total. The van der Waals surface area contributed by atoms with Crippen LogP contribution in [-0.2, 0) is 9.53 Å². The molecule has 8 heavy (non-hydrogen) atoms. The lowest BCUT2D eigenvalue weighted by atomic mass is 10.6. The Balaban J connectivity index is 3.33. The highest BCUT2D eigenvalue weighted by molar-refractivity contribution is 5.82. The van der Waals surface area contributed by atoms with Crippen molar-refractivity contribution < 1.29 is 9.53 Å². The summed E-state index contributed by atoms with van der Waals surface area (Å²) in [7, 11) is 4.77. The van der Waals surface area contributed by atoms with Gasteiger partial charge in [-0.25, -0.2) is 0 Å². The molecule has 0 fully saturated rings. The summed E-state index contributed by atoms with van der Waals surface area (Å²) in [4.78, 5) is 11.9. The maximum atomic E-state index is 10.5. The minimum atomic E-state index is -0.132.